The Morgan fingerprint density at radius 1 is 1.26 bits per heavy atom. The Bertz CT molecular complexity index is 749. The number of fused-ring (bicyclic) bond motifs is 1. The van der Waals surface area contributed by atoms with Gasteiger partial charge in [-0.15, -0.1) is 11.3 Å². The molecule has 0 unspecified atom stereocenters. The Balaban J connectivity index is 1.74. The number of amides is 1. The molecule has 2 aromatic rings. The van der Waals surface area contributed by atoms with Crippen molar-refractivity contribution in [3.63, 3.8) is 0 Å². The van der Waals surface area contributed by atoms with E-state index in [-0.39, 0.29) is 17.9 Å². The van der Waals surface area contributed by atoms with E-state index in [1.807, 2.05) is 12.1 Å². The zero-order chi connectivity index (χ0) is 16.4. The standard InChI is InChI=1S/C17H17NO4S/c1-22-11-7-5-10(6-8-11)9-14(19)18-16-15(17(20)21)12-3-2-4-13(12)23-16/h5-8H,2-4,9H2,1H3,(H,18,19)(H,20,21). The average Bonchev–Trinajstić information content (AvgIpc) is 3.07. The molecule has 1 aliphatic carbocycles. The van der Waals surface area contributed by atoms with Crippen molar-refractivity contribution in [1.82, 2.24) is 0 Å². The third kappa shape index (κ3) is 3.22. The van der Waals surface area contributed by atoms with Gasteiger partial charge in [-0.05, 0) is 42.5 Å². The molecule has 0 atom stereocenters. The lowest BCUT2D eigenvalue weighted by Crippen LogP contribution is -2.15. The van der Waals surface area contributed by atoms with Gasteiger partial charge in [-0.1, -0.05) is 12.1 Å². The largest absolute Gasteiger partial charge is 0.497 e. The van der Waals surface area contributed by atoms with Crippen molar-refractivity contribution in [3.8, 4) is 5.75 Å². The Labute approximate surface area is 137 Å². The normalized spacial score (nSPS) is 12.7. The van der Waals surface area contributed by atoms with Crippen molar-refractivity contribution in [1.29, 1.82) is 0 Å². The maximum Gasteiger partial charge on any atom is 0.339 e. The van der Waals surface area contributed by atoms with Crippen LogP contribution in [0.4, 0.5) is 5.00 Å². The molecule has 0 spiro atoms. The second-order valence-corrected chi connectivity index (χ2v) is 6.54. The van der Waals surface area contributed by atoms with Crippen molar-refractivity contribution in [2.45, 2.75) is 25.7 Å². The summed E-state index contributed by atoms with van der Waals surface area (Å²) < 4.78 is 5.08. The number of nitrogens with one attached hydrogen (secondary N) is 1. The van der Waals surface area contributed by atoms with Crippen LogP contribution in [0.1, 0.15) is 32.8 Å². The van der Waals surface area contributed by atoms with Gasteiger partial charge in [-0.2, -0.15) is 0 Å². The maximum absolute atomic E-state index is 12.2. The summed E-state index contributed by atoms with van der Waals surface area (Å²) in [6.45, 7) is 0. The molecule has 0 saturated heterocycles. The highest BCUT2D eigenvalue weighted by Gasteiger charge is 2.27. The van der Waals surface area contributed by atoms with Crippen LogP contribution in [-0.2, 0) is 24.1 Å². The van der Waals surface area contributed by atoms with Crippen molar-refractivity contribution in [3.05, 3.63) is 45.8 Å². The van der Waals surface area contributed by atoms with Crippen LogP contribution in [0.5, 0.6) is 5.75 Å². The maximum atomic E-state index is 12.2. The van der Waals surface area contributed by atoms with Crippen LogP contribution in [0.3, 0.4) is 0 Å². The number of methoxy groups -OCH3 is 1. The zero-order valence-corrected chi connectivity index (χ0v) is 13.5. The average molecular weight is 331 g/mol. The van der Waals surface area contributed by atoms with Gasteiger partial charge in [0.1, 0.15) is 10.8 Å². The van der Waals surface area contributed by atoms with E-state index >= 15 is 0 Å². The summed E-state index contributed by atoms with van der Waals surface area (Å²) in [4.78, 5) is 24.8. The number of carboxylic acids is 1. The fraction of sp³-hybridized carbons (Fsp3) is 0.294. The highest BCUT2D eigenvalue weighted by atomic mass is 32.1. The van der Waals surface area contributed by atoms with Gasteiger partial charge in [0, 0.05) is 4.88 Å². The molecule has 23 heavy (non-hydrogen) atoms. The monoisotopic (exact) mass is 331 g/mol. The van der Waals surface area contributed by atoms with Gasteiger partial charge in [0.05, 0.1) is 19.1 Å². The van der Waals surface area contributed by atoms with Gasteiger partial charge in [-0.25, -0.2) is 4.79 Å². The number of carboxylic acid groups (broad SMARTS) is 1. The third-order valence-corrected chi connectivity index (χ3v) is 5.12. The van der Waals surface area contributed by atoms with Gasteiger partial charge in [-0.3, -0.25) is 4.79 Å². The molecule has 1 aliphatic rings. The number of hydrogen-bond acceptors (Lipinski definition) is 4. The van der Waals surface area contributed by atoms with E-state index in [2.05, 4.69) is 5.32 Å². The first-order valence-corrected chi connectivity index (χ1v) is 8.20. The van der Waals surface area contributed by atoms with E-state index in [1.54, 1.807) is 19.2 Å². The summed E-state index contributed by atoms with van der Waals surface area (Å²) in [6.07, 6.45) is 2.86. The Kier molecular flexibility index (Phi) is 4.34. The number of hydrogen-bond donors (Lipinski definition) is 2. The fourth-order valence-corrected chi connectivity index (χ4v) is 4.12. The molecule has 1 amide bonds. The molecule has 1 heterocycles. The van der Waals surface area contributed by atoms with Crippen LogP contribution in [0.15, 0.2) is 24.3 Å². The molecule has 0 fully saturated rings. The number of benzene rings is 1. The summed E-state index contributed by atoms with van der Waals surface area (Å²) >= 11 is 1.39. The molecule has 3 rings (SSSR count). The lowest BCUT2D eigenvalue weighted by Gasteiger charge is -2.06. The number of aryl methyl sites for hydroxylation is 1. The van der Waals surface area contributed by atoms with Crippen molar-refractivity contribution in [2.75, 3.05) is 12.4 Å². The van der Waals surface area contributed by atoms with Crippen molar-refractivity contribution in [2.24, 2.45) is 0 Å². The molecule has 0 saturated carbocycles. The number of carbonyl (C=O) groups excluding carboxylic acids is 1. The lowest BCUT2D eigenvalue weighted by atomic mass is 10.1. The number of ether oxygens (including phenoxy) is 1. The zero-order valence-electron chi connectivity index (χ0n) is 12.7. The summed E-state index contributed by atoms with van der Waals surface area (Å²) in [5, 5.41) is 12.6. The SMILES string of the molecule is COc1ccc(CC(=O)Nc2sc3c(c2C(=O)O)CCC3)cc1. The summed E-state index contributed by atoms with van der Waals surface area (Å²) in [5.41, 5.74) is 2.01. The second-order valence-electron chi connectivity index (χ2n) is 5.44. The number of anilines is 1. The van der Waals surface area contributed by atoms with Crippen LogP contribution in [0, 0.1) is 0 Å². The first kappa shape index (κ1) is 15.6. The number of aromatic carboxylic acids is 1. The van der Waals surface area contributed by atoms with Crippen molar-refractivity contribution >= 4 is 28.2 Å². The van der Waals surface area contributed by atoms with Crippen LogP contribution < -0.4 is 10.1 Å². The second kappa shape index (κ2) is 6.42. The summed E-state index contributed by atoms with van der Waals surface area (Å²) in [5.74, 6) is -0.446. The highest BCUT2D eigenvalue weighted by Crippen LogP contribution is 2.39. The number of thiophene rings is 1. The smallest absolute Gasteiger partial charge is 0.339 e. The topological polar surface area (TPSA) is 75.6 Å². The first-order valence-electron chi connectivity index (χ1n) is 7.39. The molecule has 0 radical (unpaired) electrons. The van der Waals surface area contributed by atoms with E-state index in [4.69, 9.17) is 4.74 Å². The number of rotatable bonds is 5. The van der Waals surface area contributed by atoms with Gasteiger partial charge in [0.2, 0.25) is 5.91 Å². The van der Waals surface area contributed by atoms with Crippen LogP contribution in [0.2, 0.25) is 0 Å². The van der Waals surface area contributed by atoms with E-state index in [0.717, 1.165) is 41.0 Å². The summed E-state index contributed by atoms with van der Waals surface area (Å²) in [7, 11) is 1.59. The minimum Gasteiger partial charge on any atom is -0.497 e. The molecule has 6 heteroatoms. The van der Waals surface area contributed by atoms with Gasteiger partial charge in [0.15, 0.2) is 0 Å². The predicted molar refractivity (Wildman–Crippen MR) is 88.6 cm³/mol. The highest BCUT2D eigenvalue weighted by molar-refractivity contribution is 7.17. The van der Waals surface area contributed by atoms with Crippen molar-refractivity contribution < 1.29 is 19.4 Å². The first-order chi connectivity index (χ1) is 11.1. The molecule has 1 aromatic heterocycles. The molecule has 0 aliphatic heterocycles. The molecule has 1 aromatic carbocycles. The van der Waals surface area contributed by atoms with Gasteiger partial charge >= 0.3 is 5.97 Å². The summed E-state index contributed by atoms with van der Waals surface area (Å²) in [6, 6.07) is 7.24. The van der Waals surface area contributed by atoms with E-state index in [1.165, 1.54) is 11.3 Å². The van der Waals surface area contributed by atoms with Crippen LogP contribution >= 0.6 is 11.3 Å². The lowest BCUT2D eigenvalue weighted by molar-refractivity contribution is -0.115. The minimum atomic E-state index is -0.968. The molecular formula is C17H17NO4S. The molecule has 120 valence electrons. The molecule has 2 N–H and O–H groups in total. The molecule has 5 nitrogen and oxygen atoms in total. The number of carbonyl (C=O) groups is 2. The quantitative estimate of drug-likeness (QED) is 0.882. The predicted octanol–water partition coefficient (Wildman–Crippen LogP) is 3.12. The minimum absolute atomic E-state index is 0.200. The van der Waals surface area contributed by atoms with E-state index < -0.39 is 5.97 Å². The van der Waals surface area contributed by atoms with Gasteiger partial charge < -0.3 is 15.2 Å². The van der Waals surface area contributed by atoms with Crippen LogP contribution in [0.25, 0.3) is 0 Å². The van der Waals surface area contributed by atoms with E-state index in [0.29, 0.717) is 5.00 Å². The Hall–Kier alpha value is -2.34. The van der Waals surface area contributed by atoms with Gasteiger partial charge in [0.25, 0.3) is 0 Å². The fourth-order valence-electron chi connectivity index (χ4n) is 2.82. The van der Waals surface area contributed by atoms with Crippen LogP contribution in [-0.4, -0.2) is 24.1 Å². The third-order valence-electron chi connectivity index (χ3n) is 3.91. The van der Waals surface area contributed by atoms with E-state index in [9.17, 15) is 14.7 Å². The molecule has 0 bridgehead atoms. The molecular weight excluding hydrogens is 314 g/mol. The Morgan fingerprint density at radius 2 is 2.00 bits per heavy atom. The Morgan fingerprint density at radius 3 is 2.65 bits per heavy atom.